The second kappa shape index (κ2) is 5.32. The van der Waals surface area contributed by atoms with Gasteiger partial charge in [0.1, 0.15) is 5.82 Å². The molecule has 1 fully saturated rings. The van der Waals surface area contributed by atoms with E-state index in [0.29, 0.717) is 23.7 Å². The summed E-state index contributed by atoms with van der Waals surface area (Å²) >= 11 is 0. The lowest BCUT2D eigenvalue weighted by Gasteiger charge is -2.30. The van der Waals surface area contributed by atoms with Crippen molar-refractivity contribution in [3.63, 3.8) is 0 Å². The molecule has 4 nitrogen and oxygen atoms in total. The Kier molecular flexibility index (Phi) is 3.53. The number of hydrogen-bond acceptors (Lipinski definition) is 4. The van der Waals surface area contributed by atoms with Crippen LogP contribution in [-0.2, 0) is 11.8 Å². The van der Waals surface area contributed by atoms with E-state index in [9.17, 15) is 4.39 Å². The highest BCUT2D eigenvalue weighted by Gasteiger charge is 2.34. The Morgan fingerprint density at radius 2 is 2.05 bits per heavy atom. The largest absolute Gasteiger partial charge is 0.339 e. The minimum Gasteiger partial charge on any atom is -0.339 e. The molecule has 0 atom stereocenters. The fourth-order valence-electron chi connectivity index (χ4n) is 2.58. The van der Waals surface area contributed by atoms with E-state index in [2.05, 4.69) is 22.4 Å². The highest BCUT2D eigenvalue weighted by molar-refractivity contribution is 5.21. The van der Waals surface area contributed by atoms with Gasteiger partial charge in [0, 0.05) is 11.8 Å². The number of piperidine rings is 1. The number of benzene rings is 1. The van der Waals surface area contributed by atoms with Crippen LogP contribution in [0.4, 0.5) is 4.39 Å². The molecule has 1 saturated heterocycles. The Bertz CT molecular complexity index is 590. The highest BCUT2D eigenvalue weighted by Crippen LogP contribution is 2.31. The molecule has 2 heterocycles. The molecule has 0 spiro atoms. The van der Waals surface area contributed by atoms with Crippen LogP contribution in [-0.4, -0.2) is 23.2 Å². The second-order valence-corrected chi connectivity index (χ2v) is 5.59. The van der Waals surface area contributed by atoms with Gasteiger partial charge in [-0.1, -0.05) is 30.3 Å². The van der Waals surface area contributed by atoms with Crippen molar-refractivity contribution < 1.29 is 8.91 Å². The van der Waals surface area contributed by atoms with Gasteiger partial charge in [0.25, 0.3) is 0 Å². The van der Waals surface area contributed by atoms with Crippen molar-refractivity contribution >= 4 is 0 Å². The van der Waals surface area contributed by atoms with Gasteiger partial charge in [-0.05, 0) is 37.6 Å². The zero-order valence-corrected chi connectivity index (χ0v) is 11.5. The topological polar surface area (TPSA) is 51.0 Å². The summed E-state index contributed by atoms with van der Waals surface area (Å²) in [6.45, 7) is 4.07. The van der Waals surface area contributed by atoms with Crippen molar-refractivity contribution in [2.24, 2.45) is 0 Å². The van der Waals surface area contributed by atoms with Gasteiger partial charge in [-0.3, -0.25) is 0 Å². The molecule has 20 heavy (non-hydrogen) atoms. The van der Waals surface area contributed by atoms with Crippen molar-refractivity contribution in [2.75, 3.05) is 13.1 Å². The first-order valence-corrected chi connectivity index (χ1v) is 6.95. The van der Waals surface area contributed by atoms with E-state index < -0.39 is 0 Å². The summed E-state index contributed by atoms with van der Waals surface area (Å²) < 4.78 is 19.0. The Labute approximate surface area is 117 Å². The van der Waals surface area contributed by atoms with Gasteiger partial charge in [-0.15, -0.1) is 0 Å². The molecule has 0 saturated carbocycles. The standard InChI is InChI=1S/C15H18FN3O/c1-15(6-8-17-9-7-15)14-18-13(19-20-14)10-11-4-2-3-5-12(11)16/h2-5,17H,6-10H2,1H3. The summed E-state index contributed by atoms with van der Waals surface area (Å²) in [4.78, 5) is 4.47. The zero-order chi connectivity index (χ0) is 14.0. The normalized spacial score (nSPS) is 18.1. The first kappa shape index (κ1) is 13.2. The van der Waals surface area contributed by atoms with Crippen LogP contribution in [0.2, 0.25) is 0 Å². The molecule has 2 aromatic rings. The van der Waals surface area contributed by atoms with Crippen molar-refractivity contribution in [1.82, 2.24) is 15.5 Å². The van der Waals surface area contributed by atoms with E-state index in [4.69, 9.17) is 4.52 Å². The number of rotatable bonds is 3. The van der Waals surface area contributed by atoms with Gasteiger partial charge >= 0.3 is 0 Å². The maximum atomic E-state index is 13.6. The molecule has 0 aliphatic carbocycles. The number of nitrogens with zero attached hydrogens (tertiary/aromatic N) is 2. The third-order valence-corrected chi connectivity index (χ3v) is 4.00. The number of hydrogen-bond donors (Lipinski definition) is 1. The molecular weight excluding hydrogens is 257 g/mol. The van der Waals surface area contributed by atoms with E-state index in [0.717, 1.165) is 25.9 Å². The molecule has 106 valence electrons. The smallest absolute Gasteiger partial charge is 0.232 e. The van der Waals surface area contributed by atoms with Crippen LogP contribution in [0.25, 0.3) is 0 Å². The predicted octanol–water partition coefficient (Wildman–Crippen LogP) is 2.44. The summed E-state index contributed by atoms with van der Waals surface area (Å²) in [5.74, 6) is 0.988. The molecule has 1 aromatic carbocycles. The lowest BCUT2D eigenvalue weighted by molar-refractivity contribution is 0.240. The molecule has 1 aliphatic rings. The summed E-state index contributed by atoms with van der Waals surface area (Å²) in [6, 6.07) is 6.69. The summed E-state index contributed by atoms with van der Waals surface area (Å²) in [5, 5.41) is 7.32. The van der Waals surface area contributed by atoms with Crippen LogP contribution in [0, 0.1) is 5.82 Å². The van der Waals surface area contributed by atoms with Gasteiger partial charge in [0.2, 0.25) is 5.89 Å². The van der Waals surface area contributed by atoms with Crippen molar-refractivity contribution in [3.8, 4) is 0 Å². The van der Waals surface area contributed by atoms with Crippen LogP contribution in [0.15, 0.2) is 28.8 Å². The Balaban J connectivity index is 1.78. The summed E-state index contributed by atoms with van der Waals surface area (Å²) in [7, 11) is 0. The maximum Gasteiger partial charge on any atom is 0.232 e. The Morgan fingerprint density at radius 1 is 1.30 bits per heavy atom. The second-order valence-electron chi connectivity index (χ2n) is 5.59. The average Bonchev–Trinajstić information content (AvgIpc) is 2.92. The predicted molar refractivity (Wildman–Crippen MR) is 73.0 cm³/mol. The third-order valence-electron chi connectivity index (χ3n) is 4.00. The fourth-order valence-corrected chi connectivity index (χ4v) is 2.58. The third kappa shape index (κ3) is 2.58. The highest BCUT2D eigenvalue weighted by atomic mass is 19.1. The first-order valence-electron chi connectivity index (χ1n) is 6.95. The molecule has 1 aliphatic heterocycles. The van der Waals surface area contributed by atoms with Gasteiger partial charge < -0.3 is 9.84 Å². The van der Waals surface area contributed by atoms with Crippen molar-refractivity contribution in [1.29, 1.82) is 0 Å². The zero-order valence-electron chi connectivity index (χ0n) is 11.5. The molecule has 0 radical (unpaired) electrons. The monoisotopic (exact) mass is 275 g/mol. The van der Waals surface area contributed by atoms with E-state index in [1.165, 1.54) is 6.07 Å². The van der Waals surface area contributed by atoms with Gasteiger partial charge in [0.15, 0.2) is 5.82 Å². The molecule has 1 N–H and O–H groups in total. The van der Waals surface area contributed by atoms with E-state index in [1.807, 2.05) is 6.07 Å². The van der Waals surface area contributed by atoms with Crippen LogP contribution < -0.4 is 5.32 Å². The lowest BCUT2D eigenvalue weighted by Crippen LogP contribution is -2.37. The summed E-state index contributed by atoms with van der Waals surface area (Å²) in [6.07, 6.45) is 2.33. The molecule has 0 bridgehead atoms. The van der Waals surface area contributed by atoms with Crippen LogP contribution in [0.3, 0.4) is 0 Å². The number of nitrogens with one attached hydrogen (secondary N) is 1. The van der Waals surface area contributed by atoms with Crippen LogP contribution in [0.1, 0.15) is 37.0 Å². The summed E-state index contributed by atoms with van der Waals surface area (Å²) in [5.41, 5.74) is 0.529. The van der Waals surface area contributed by atoms with E-state index >= 15 is 0 Å². The molecule has 1 aromatic heterocycles. The van der Waals surface area contributed by atoms with Gasteiger partial charge in [-0.25, -0.2) is 4.39 Å². The lowest BCUT2D eigenvalue weighted by atomic mass is 9.81. The molecular formula is C15H18FN3O. The quantitative estimate of drug-likeness (QED) is 0.934. The van der Waals surface area contributed by atoms with Crippen molar-refractivity contribution in [3.05, 3.63) is 47.4 Å². The first-order chi connectivity index (χ1) is 9.67. The fraction of sp³-hybridized carbons (Fsp3) is 0.467. The van der Waals surface area contributed by atoms with Gasteiger partial charge in [0.05, 0.1) is 0 Å². The van der Waals surface area contributed by atoms with Crippen LogP contribution in [0.5, 0.6) is 0 Å². The SMILES string of the molecule is CC1(c2nc(Cc3ccccc3F)no2)CCNCC1. The average molecular weight is 275 g/mol. The minimum absolute atomic E-state index is 0.0638. The Hall–Kier alpha value is -1.75. The van der Waals surface area contributed by atoms with E-state index in [-0.39, 0.29) is 11.2 Å². The molecule has 5 heteroatoms. The van der Waals surface area contributed by atoms with E-state index in [1.54, 1.807) is 12.1 Å². The minimum atomic E-state index is -0.230. The van der Waals surface area contributed by atoms with Gasteiger partial charge in [-0.2, -0.15) is 4.98 Å². The number of aromatic nitrogens is 2. The van der Waals surface area contributed by atoms with Crippen LogP contribution >= 0.6 is 0 Å². The Morgan fingerprint density at radius 3 is 2.80 bits per heavy atom. The maximum absolute atomic E-state index is 13.6. The van der Waals surface area contributed by atoms with Crippen molar-refractivity contribution in [2.45, 2.75) is 31.6 Å². The molecule has 0 amide bonds. The number of halogens is 1. The molecule has 0 unspecified atom stereocenters. The molecule has 3 rings (SSSR count).